The van der Waals surface area contributed by atoms with Crippen LogP contribution in [0.5, 0.6) is 0 Å². The molecule has 1 N–H and O–H groups in total. The van der Waals surface area contributed by atoms with Gasteiger partial charge in [0.05, 0.1) is 10.9 Å². The summed E-state index contributed by atoms with van der Waals surface area (Å²) in [6.07, 6.45) is 4.79. The van der Waals surface area contributed by atoms with Gasteiger partial charge in [-0.05, 0) is 36.1 Å². The number of benzene rings is 2. The highest BCUT2D eigenvalue weighted by atomic mass is 15.1. The van der Waals surface area contributed by atoms with E-state index in [9.17, 15) is 0 Å². The van der Waals surface area contributed by atoms with Crippen LogP contribution in [-0.2, 0) is 12.0 Å². The average Bonchev–Trinajstić information content (AvgIpc) is 3.07. The topological polar surface area (TPSA) is 41.7 Å². The minimum atomic E-state index is 0.00861. The van der Waals surface area contributed by atoms with Gasteiger partial charge in [0, 0.05) is 11.9 Å². The molecule has 1 aromatic heterocycles. The van der Waals surface area contributed by atoms with Gasteiger partial charge in [-0.1, -0.05) is 49.2 Å². The van der Waals surface area contributed by atoms with Gasteiger partial charge in [-0.3, -0.25) is 5.41 Å². The number of para-hydroxylation sites is 1. The first-order valence-corrected chi connectivity index (χ1v) is 8.43. The fraction of sp³-hybridized carbons (Fsp3) is 0.300. The first-order chi connectivity index (χ1) is 11.3. The van der Waals surface area contributed by atoms with Gasteiger partial charge in [-0.15, -0.1) is 0 Å². The summed E-state index contributed by atoms with van der Waals surface area (Å²) < 4.78 is 2.36. The van der Waals surface area contributed by atoms with Gasteiger partial charge in [0.1, 0.15) is 5.82 Å². The monoisotopic (exact) mass is 301 g/mol. The van der Waals surface area contributed by atoms with E-state index in [4.69, 9.17) is 10.4 Å². The third kappa shape index (κ3) is 1.65. The zero-order valence-electron chi connectivity index (χ0n) is 13.0. The van der Waals surface area contributed by atoms with Crippen LogP contribution in [0, 0.1) is 5.41 Å². The molecule has 2 heterocycles. The molecule has 1 saturated carbocycles. The van der Waals surface area contributed by atoms with Crippen molar-refractivity contribution in [3.05, 3.63) is 71.0 Å². The molecule has 2 aromatic carbocycles. The summed E-state index contributed by atoms with van der Waals surface area (Å²) in [5.41, 5.74) is 4.42. The second-order valence-corrected chi connectivity index (χ2v) is 6.83. The summed E-state index contributed by atoms with van der Waals surface area (Å²) in [4.78, 5) is 4.81. The minimum absolute atomic E-state index is 0.00861. The number of aromatic nitrogens is 2. The third-order valence-corrected chi connectivity index (χ3v) is 5.67. The average molecular weight is 301 g/mol. The van der Waals surface area contributed by atoms with E-state index in [2.05, 4.69) is 41.0 Å². The quantitative estimate of drug-likeness (QED) is 0.675. The molecule has 0 unspecified atom stereocenters. The second-order valence-electron chi connectivity index (χ2n) is 6.83. The zero-order chi connectivity index (χ0) is 15.4. The molecule has 1 aliphatic heterocycles. The van der Waals surface area contributed by atoms with Gasteiger partial charge < -0.3 is 4.57 Å². The normalized spacial score (nSPS) is 18.1. The van der Waals surface area contributed by atoms with Crippen LogP contribution >= 0.6 is 0 Å². The molecule has 0 saturated heterocycles. The number of nitrogens with one attached hydrogen (secondary N) is 1. The molecule has 0 radical (unpaired) electrons. The molecule has 3 nitrogen and oxygen atoms in total. The Balaban J connectivity index is 1.92. The minimum Gasteiger partial charge on any atom is -0.324 e. The van der Waals surface area contributed by atoms with Gasteiger partial charge in [0.15, 0.2) is 5.49 Å². The lowest BCUT2D eigenvalue weighted by Crippen LogP contribution is -2.38. The molecule has 0 amide bonds. The van der Waals surface area contributed by atoms with E-state index in [0.29, 0.717) is 5.49 Å². The van der Waals surface area contributed by atoms with E-state index in [-0.39, 0.29) is 5.41 Å². The second kappa shape index (κ2) is 4.54. The Morgan fingerprint density at radius 3 is 2.57 bits per heavy atom. The lowest BCUT2D eigenvalue weighted by Gasteiger charge is -2.38. The molecule has 0 atom stereocenters. The Morgan fingerprint density at radius 1 is 0.957 bits per heavy atom. The number of hydrogen-bond donors (Lipinski definition) is 1. The van der Waals surface area contributed by atoms with E-state index < -0.39 is 0 Å². The van der Waals surface area contributed by atoms with E-state index >= 15 is 0 Å². The van der Waals surface area contributed by atoms with Crippen LogP contribution < -0.4 is 5.49 Å². The van der Waals surface area contributed by atoms with Crippen LogP contribution in [0.4, 0.5) is 0 Å². The predicted octanol–water partition coefficient (Wildman–Crippen LogP) is 3.74. The smallest absolute Gasteiger partial charge is 0.156 e. The number of rotatable bonds is 0. The zero-order valence-corrected chi connectivity index (χ0v) is 13.0. The highest BCUT2D eigenvalue weighted by molar-refractivity contribution is 5.78. The summed E-state index contributed by atoms with van der Waals surface area (Å²) in [5, 5.41) is 9.36. The van der Waals surface area contributed by atoms with Crippen molar-refractivity contribution in [3.8, 4) is 0 Å². The summed E-state index contributed by atoms with van der Waals surface area (Å²) in [6.45, 7) is 0.862. The maximum atomic E-state index is 8.41. The Labute approximate surface area is 135 Å². The Bertz CT molecular complexity index is 978. The number of fused-ring (bicyclic) bond motifs is 6. The summed E-state index contributed by atoms with van der Waals surface area (Å²) in [6, 6.07) is 17.0. The van der Waals surface area contributed by atoms with Crippen molar-refractivity contribution < 1.29 is 0 Å². The molecule has 1 spiro atoms. The van der Waals surface area contributed by atoms with Crippen LogP contribution in [0.15, 0.2) is 48.5 Å². The standard InChI is InChI=1S/C20H19N3/c21-18-15-8-2-4-10-17(15)23-13-14-7-1-3-9-16(14)20(19(23)22-18)11-5-6-12-20/h1-4,7-10,21H,5-6,11-13H2. The van der Waals surface area contributed by atoms with E-state index in [1.807, 2.05) is 12.1 Å². The summed E-state index contributed by atoms with van der Waals surface area (Å²) in [7, 11) is 0. The molecule has 23 heavy (non-hydrogen) atoms. The lowest BCUT2D eigenvalue weighted by atomic mass is 9.73. The van der Waals surface area contributed by atoms with Gasteiger partial charge in [0.2, 0.25) is 0 Å². The molecule has 2 aliphatic rings. The van der Waals surface area contributed by atoms with E-state index in [0.717, 1.165) is 36.1 Å². The maximum Gasteiger partial charge on any atom is 0.156 e. The molecule has 1 aliphatic carbocycles. The van der Waals surface area contributed by atoms with Crippen molar-refractivity contribution >= 4 is 10.9 Å². The van der Waals surface area contributed by atoms with Crippen molar-refractivity contribution in [2.75, 3.05) is 0 Å². The van der Waals surface area contributed by atoms with Gasteiger partial charge in [0.25, 0.3) is 0 Å². The maximum absolute atomic E-state index is 8.41. The van der Waals surface area contributed by atoms with Crippen LogP contribution in [-0.4, -0.2) is 9.55 Å². The van der Waals surface area contributed by atoms with Gasteiger partial charge >= 0.3 is 0 Å². The molecule has 1 fully saturated rings. The Morgan fingerprint density at radius 2 is 1.70 bits per heavy atom. The lowest BCUT2D eigenvalue weighted by molar-refractivity contribution is 0.440. The van der Waals surface area contributed by atoms with Crippen LogP contribution in [0.25, 0.3) is 10.9 Å². The van der Waals surface area contributed by atoms with Crippen molar-refractivity contribution in [2.45, 2.75) is 37.6 Å². The Kier molecular flexibility index (Phi) is 2.58. The van der Waals surface area contributed by atoms with Crippen LogP contribution in [0.1, 0.15) is 42.6 Å². The molecule has 3 aromatic rings. The van der Waals surface area contributed by atoms with Crippen molar-refractivity contribution in [3.63, 3.8) is 0 Å². The molecular weight excluding hydrogens is 282 g/mol. The van der Waals surface area contributed by atoms with Crippen molar-refractivity contribution in [2.24, 2.45) is 0 Å². The van der Waals surface area contributed by atoms with E-state index in [1.54, 1.807) is 0 Å². The SMILES string of the molecule is N=c1nc2n(c3ccccc13)Cc1ccccc1C21CCCC1. The van der Waals surface area contributed by atoms with Crippen molar-refractivity contribution in [1.29, 1.82) is 5.41 Å². The highest BCUT2D eigenvalue weighted by Crippen LogP contribution is 2.49. The number of hydrogen-bond acceptors (Lipinski definition) is 2. The van der Waals surface area contributed by atoms with Crippen molar-refractivity contribution in [1.82, 2.24) is 9.55 Å². The largest absolute Gasteiger partial charge is 0.324 e. The highest BCUT2D eigenvalue weighted by Gasteiger charge is 2.44. The number of nitrogens with zero attached hydrogens (tertiary/aromatic N) is 2. The first-order valence-electron chi connectivity index (χ1n) is 8.43. The van der Waals surface area contributed by atoms with Crippen LogP contribution in [0.3, 0.4) is 0 Å². The predicted molar refractivity (Wildman–Crippen MR) is 90.4 cm³/mol. The molecule has 0 bridgehead atoms. The Hall–Kier alpha value is -2.42. The fourth-order valence-electron chi connectivity index (χ4n) is 4.66. The van der Waals surface area contributed by atoms with Crippen LogP contribution in [0.2, 0.25) is 0 Å². The fourth-order valence-corrected chi connectivity index (χ4v) is 4.66. The third-order valence-electron chi connectivity index (χ3n) is 5.67. The first kappa shape index (κ1) is 13.1. The van der Waals surface area contributed by atoms with Gasteiger partial charge in [-0.2, -0.15) is 0 Å². The van der Waals surface area contributed by atoms with Gasteiger partial charge in [-0.25, -0.2) is 4.98 Å². The molecule has 114 valence electrons. The molecule has 3 heteroatoms. The molecule has 5 rings (SSSR count). The summed E-state index contributed by atoms with van der Waals surface area (Å²) >= 11 is 0. The van der Waals surface area contributed by atoms with E-state index in [1.165, 1.54) is 24.0 Å². The molecular formula is C20H19N3. The summed E-state index contributed by atoms with van der Waals surface area (Å²) in [5.74, 6) is 1.11.